The molecule has 0 aliphatic heterocycles. The Bertz CT molecular complexity index is 386. The van der Waals surface area contributed by atoms with Crippen LogP contribution in [0.25, 0.3) is 6.08 Å². The molecule has 3 nitrogen and oxygen atoms in total. The van der Waals surface area contributed by atoms with Crippen molar-refractivity contribution in [3.8, 4) is 0 Å². The molecular weight excluding hydrogens is 210 g/mol. The summed E-state index contributed by atoms with van der Waals surface area (Å²) in [5, 5.41) is 4.12. The average molecular weight is 231 g/mol. The van der Waals surface area contributed by atoms with Gasteiger partial charge in [0.1, 0.15) is 5.84 Å². The Kier molecular flexibility index (Phi) is 4.76. The van der Waals surface area contributed by atoms with Crippen molar-refractivity contribution in [2.75, 3.05) is 6.54 Å². The van der Waals surface area contributed by atoms with Crippen LogP contribution in [0.1, 0.15) is 26.3 Å². The lowest BCUT2D eigenvalue weighted by molar-refractivity contribution is 0.575. The number of benzene rings is 1. The van der Waals surface area contributed by atoms with E-state index in [1.54, 1.807) is 0 Å². The van der Waals surface area contributed by atoms with Gasteiger partial charge in [0.05, 0.1) is 6.54 Å². The van der Waals surface area contributed by atoms with Crippen LogP contribution in [0.4, 0.5) is 0 Å². The van der Waals surface area contributed by atoms with Crippen LogP contribution in [-0.2, 0) is 0 Å². The van der Waals surface area contributed by atoms with Gasteiger partial charge in [-0.15, -0.1) is 0 Å². The second-order valence-electron chi connectivity index (χ2n) is 4.92. The van der Waals surface area contributed by atoms with Gasteiger partial charge in [0.2, 0.25) is 0 Å². The number of hydrogen-bond donors (Lipinski definition) is 2. The van der Waals surface area contributed by atoms with Crippen LogP contribution in [0.15, 0.2) is 41.5 Å². The number of rotatable bonds is 4. The van der Waals surface area contributed by atoms with E-state index in [4.69, 9.17) is 5.73 Å². The fourth-order valence-corrected chi connectivity index (χ4v) is 1.11. The summed E-state index contributed by atoms with van der Waals surface area (Å²) in [7, 11) is 0. The molecule has 0 radical (unpaired) electrons. The lowest BCUT2D eigenvalue weighted by Gasteiger charge is -2.16. The fourth-order valence-electron chi connectivity index (χ4n) is 1.11. The minimum Gasteiger partial charge on any atom is -0.385 e. The third-order valence-corrected chi connectivity index (χ3v) is 2.29. The van der Waals surface area contributed by atoms with E-state index in [2.05, 4.69) is 28.7 Å². The highest BCUT2D eigenvalue weighted by molar-refractivity contribution is 5.85. The van der Waals surface area contributed by atoms with E-state index in [0.29, 0.717) is 12.4 Å². The molecule has 1 rings (SSSR count). The van der Waals surface area contributed by atoms with Crippen LogP contribution < -0.4 is 11.2 Å². The van der Waals surface area contributed by atoms with Crippen LogP contribution in [0.5, 0.6) is 0 Å². The summed E-state index contributed by atoms with van der Waals surface area (Å²) in [4.78, 5) is 0. The lowest BCUT2D eigenvalue weighted by Crippen LogP contribution is -2.31. The van der Waals surface area contributed by atoms with E-state index in [0.717, 1.165) is 0 Å². The van der Waals surface area contributed by atoms with Crippen molar-refractivity contribution in [2.45, 2.75) is 20.8 Å². The zero-order valence-electron chi connectivity index (χ0n) is 10.8. The van der Waals surface area contributed by atoms with Crippen molar-refractivity contribution in [3.05, 3.63) is 42.0 Å². The highest BCUT2D eigenvalue weighted by atomic mass is 15.3. The first-order chi connectivity index (χ1) is 8.00. The minimum atomic E-state index is -0.0872. The molecule has 0 bridgehead atoms. The number of hydrazone groups is 1. The fraction of sp³-hybridized carbons (Fsp3) is 0.357. The molecule has 0 amide bonds. The summed E-state index contributed by atoms with van der Waals surface area (Å²) >= 11 is 0. The van der Waals surface area contributed by atoms with Gasteiger partial charge in [0, 0.05) is 5.41 Å². The van der Waals surface area contributed by atoms with Gasteiger partial charge >= 0.3 is 0 Å². The summed E-state index contributed by atoms with van der Waals surface area (Å²) < 4.78 is 0. The zero-order valence-corrected chi connectivity index (χ0v) is 10.8. The van der Waals surface area contributed by atoms with E-state index >= 15 is 0 Å². The maximum absolute atomic E-state index is 5.81. The second kappa shape index (κ2) is 6.09. The molecule has 0 aliphatic rings. The van der Waals surface area contributed by atoms with E-state index < -0.39 is 0 Å². The number of nitrogens with one attached hydrogen (secondary N) is 1. The van der Waals surface area contributed by atoms with Gasteiger partial charge < -0.3 is 11.2 Å². The zero-order chi connectivity index (χ0) is 12.7. The van der Waals surface area contributed by atoms with Crippen molar-refractivity contribution >= 4 is 11.9 Å². The van der Waals surface area contributed by atoms with Gasteiger partial charge in [-0.05, 0) is 5.56 Å². The van der Waals surface area contributed by atoms with Crippen molar-refractivity contribution in [2.24, 2.45) is 16.3 Å². The van der Waals surface area contributed by atoms with E-state index in [1.807, 2.05) is 45.0 Å². The highest BCUT2D eigenvalue weighted by Crippen LogP contribution is 2.11. The molecule has 1 aromatic carbocycles. The van der Waals surface area contributed by atoms with Gasteiger partial charge in [-0.3, -0.25) is 0 Å². The van der Waals surface area contributed by atoms with Crippen LogP contribution in [-0.4, -0.2) is 12.4 Å². The molecule has 1 aromatic rings. The Morgan fingerprint density at radius 3 is 2.53 bits per heavy atom. The van der Waals surface area contributed by atoms with Crippen LogP contribution in [0.2, 0.25) is 0 Å². The summed E-state index contributed by atoms with van der Waals surface area (Å²) in [6.45, 7) is 6.78. The maximum Gasteiger partial charge on any atom is 0.125 e. The molecule has 0 saturated carbocycles. The largest absolute Gasteiger partial charge is 0.385 e. The van der Waals surface area contributed by atoms with E-state index in [-0.39, 0.29) is 5.41 Å². The standard InChI is InChI=1S/C14H21N3/c1-14(2,3)13(15)17-16-11-7-10-12-8-5-4-6-9-12/h4-10,16H,11H2,1-3H3,(H2,15,17)/b10-7+. The Morgan fingerprint density at radius 1 is 1.29 bits per heavy atom. The quantitative estimate of drug-likeness (QED) is 0.362. The predicted octanol–water partition coefficient (Wildman–Crippen LogP) is 2.61. The predicted molar refractivity (Wildman–Crippen MR) is 74.6 cm³/mol. The normalized spacial score (nSPS) is 13.0. The molecule has 17 heavy (non-hydrogen) atoms. The number of nitrogens with zero attached hydrogens (tertiary/aromatic N) is 1. The summed E-state index contributed by atoms with van der Waals surface area (Å²) in [5.74, 6) is 0.616. The van der Waals surface area contributed by atoms with Crippen LogP contribution in [0, 0.1) is 5.41 Å². The molecule has 0 fully saturated rings. The van der Waals surface area contributed by atoms with Gasteiger partial charge in [0.15, 0.2) is 0 Å². The van der Waals surface area contributed by atoms with Crippen LogP contribution in [0.3, 0.4) is 0 Å². The molecule has 0 heterocycles. The third-order valence-electron chi connectivity index (χ3n) is 2.29. The van der Waals surface area contributed by atoms with Crippen molar-refractivity contribution in [3.63, 3.8) is 0 Å². The number of amidine groups is 1. The molecule has 0 atom stereocenters. The Balaban J connectivity index is 2.37. The molecule has 0 aliphatic carbocycles. The van der Waals surface area contributed by atoms with E-state index in [1.165, 1.54) is 5.56 Å². The molecule has 0 aromatic heterocycles. The summed E-state index contributed by atoms with van der Waals surface area (Å²) in [6.07, 6.45) is 4.07. The molecule has 3 N–H and O–H groups in total. The number of hydrogen-bond acceptors (Lipinski definition) is 2. The summed E-state index contributed by atoms with van der Waals surface area (Å²) in [6, 6.07) is 10.2. The molecule has 0 saturated heterocycles. The molecule has 3 heteroatoms. The highest BCUT2D eigenvalue weighted by Gasteiger charge is 2.14. The second-order valence-corrected chi connectivity index (χ2v) is 4.92. The monoisotopic (exact) mass is 231 g/mol. The average Bonchev–Trinajstić information content (AvgIpc) is 2.28. The third kappa shape index (κ3) is 5.20. The lowest BCUT2D eigenvalue weighted by atomic mass is 9.96. The Labute approximate surface area is 103 Å². The smallest absolute Gasteiger partial charge is 0.125 e. The SMILES string of the molecule is CC(C)(C)C(N)=NNC/C=C/c1ccccc1. The topological polar surface area (TPSA) is 50.4 Å². The Morgan fingerprint density at radius 2 is 1.94 bits per heavy atom. The summed E-state index contributed by atoms with van der Waals surface area (Å²) in [5.41, 5.74) is 9.84. The first kappa shape index (κ1) is 13.3. The molecule has 0 spiro atoms. The van der Waals surface area contributed by atoms with Crippen molar-refractivity contribution < 1.29 is 0 Å². The Hall–Kier alpha value is -1.77. The first-order valence-electron chi connectivity index (χ1n) is 5.78. The van der Waals surface area contributed by atoms with Gasteiger partial charge in [-0.2, -0.15) is 5.10 Å². The van der Waals surface area contributed by atoms with Crippen molar-refractivity contribution in [1.29, 1.82) is 0 Å². The van der Waals surface area contributed by atoms with Crippen LogP contribution >= 0.6 is 0 Å². The van der Waals surface area contributed by atoms with Gasteiger partial charge in [-0.1, -0.05) is 63.3 Å². The molecule has 92 valence electrons. The molecule has 0 unspecified atom stereocenters. The minimum absolute atomic E-state index is 0.0872. The van der Waals surface area contributed by atoms with E-state index in [9.17, 15) is 0 Å². The maximum atomic E-state index is 5.81. The first-order valence-corrected chi connectivity index (χ1v) is 5.78. The van der Waals surface area contributed by atoms with Gasteiger partial charge in [0.25, 0.3) is 0 Å². The number of nitrogens with two attached hydrogens (primary N) is 1. The van der Waals surface area contributed by atoms with Gasteiger partial charge in [-0.25, -0.2) is 0 Å². The molecular formula is C14H21N3. The van der Waals surface area contributed by atoms with Crippen molar-refractivity contribution in [1.82, 2.24) is 5.43 Å².